The molecule has 0 aromatic heterocycles. The number of rotatable bonds is 9. The van der Waals surface area contributed by atoms with Gasteiger partial charge < -0.3 is 20.4 Å². The first-order valence-electron chi connectivity index (χ1n) is 12.9. The van der Waals surface area contributed by atoms with Gasteiger partial charge in [-0.2, -0.15) is 0 Å². The van der Waals surface area contributed by atoms with Crippen molar-refractivity contribution in [1.82, 2.24) is 15.5 Å². The number of amides is 2. The third-order valence-corrected chi connectivity index (χ3v) is 6.87. The van der Waals surface area contributed by atoms with Gasteiger partial charge in [0.1, 0.15) is 0 Å². The van der Waals surface area contributed by atoms with Crippen molar-refractivity contribution in [1.29, 1.82) is 0 Å². The van der Waals surface area contributed by atoms with Crippen molar-refractivity contribution in [2.45, 2.75) is 12.5 Å². The number of nitrogens with one attached hydrogen (secondary N) is 2. The van der Waals surface area contributed by atoms with Crippen molar-refractivity contribution in [3.8, 4) is 0 Å². The predicted octanol–water partition coefficient (Wildman–Crippen LogP) is 3.09. The summed E-state index contributed by atoms with van der Waals surface area (Å²) in [5.41, 5.74) is 4.61. The van der Waals surface area contributed by atoms with Crippen LogP contribution in [-0.4, -0.2) is 70.1 Å². The van der Waals surface area contributed by atoms with E-state index in [-0.39, 0.29) is 6.04 Å². The molecule has 7 heteroatoms. The van der Waals surface area contributed by atoms with Gasteiger partial charge in [0.05, 0.1) is 6.04 Å². The van der Waals surface area contributed by atoms with Gasteiger partial charge in [-0.15, -0.1) is 0 Å². The summed E-state index contributed by atoms with van der Waals surface area (Å²) in [6, 6.07) is 28.8. The zero-order valence-corrected chi connectivity index (χ0v) is 21.8. The Labute approximate surface area is 220 Å². The van der Waals surface area contributed by atoms with E-state index in [0.29, 0.717) is 19.5 Å². The molecule has 0 saturated carbocycles. The summed E-state index contributed by atoms with van der Waals surface area (Å²) in [5.74, 6) is -1.18. The average Bonchev–Trinajstić information content (AvgIpc) is 2.94. The second-order valence-corrected chi connectivity index (χ2v) is 9.56. The maximum absolute atomic E-state index is 12.6. The smallest absolute Gasteiger partial charge is 0.309 e. The molecule has 0 bridgehead atoms. The van der Waals surface area contributed by atoms with Crippen LogP contribution in [0.15, 0.2) is 84.9 Å². The first-order valence-corrected chi connectivity index (χ1v) is 12.9. The molecule has 1 heterocycles. The monoisotopic (exact) mass is 499 g/mol. The summed E-state index contributed by atoms with van der Waals surface area (Å²) in [7, 11) is 4.04. The van der Waals surface area contributed by atoms with Gasteiger partial charge in [0.2, 0.25) is 0 Å². The first kappa shape index (κ1) is 26.2. The molecule has 1 atom stereocenters. The van der Waals surface area contributed by atoms with E-state index in [1.807, 2.05) is 50.5 Å². The SMILES string of the molecule is CN(C)c1ccc(C(CNC(=O)C(=O)NCCc2ccccc2)N2CCN(c3ccccc3)CC2)cc1. The van der Waals surface area contributed by atoms with Gasteiger partial charge in [0, 0.05) is 64.7 Å². The van der Waals surface area contributed by atoms with Crippen molar-refractivity contribution < 1.29 is 9.59 Å². The molecule has 194 valence electrons. The summed E-state index contributed by atoms with van der Waals surface area (Å²) < 4.78 is 0. The van der Waals surface area contributed by atoms with Crippen molar-refractivity contribution >= 4 is 23.2 Å². The molecule has 0 radical (unpaired) electrons. The van der Waals surface area contributed by atoms with Gasteiger partial charge in [-0.05, 0) is 41.8 Å². The third kappa shape index (κ3) is 7.33. The zero-order valence-electron chi connectivity index (χ0n) is 21.8. The largest absolute Gasteiger partial charge is 0.378 e. The lowest BCUT2D eigenvalue weighted by Gasteiger charge is -2.40. The lowest BCUT2D eigenvalue weighted by molar-refractivity contribution is -0.139. The highest BCUT2D eigenvalue weighted by Crippen LogP contribution is 2.25. The fraction of sp³-hybridized carbons (Fsp3) is 0.333. The lowest BCUT2D eigenvalue weighted by atomic mass is 10.0. The molecule has 1 aliphatic heterocycles. The maximum atomic E-state index is 12.6. The van der Waals surface area contributed by atoms with E-state index in [2.05, 4.69) is 73.9 Å². The molecular formula is C30H37N5O2. The van der Waals surface area contributed by atoms with Crippen LogP contribution >= 0.6 is 0 Å². The fourth-order valence-electron chi connectivity index (χ4n) is 4.70. The number of anilines is 2. The van der Waals surface area contributed by atoms with Crippen LogP contribution in [0.2, 0.25) is 0 Å². The summed E-state index contributed by atoms with van der Waals surface area (Å²) in [5, 5.41) is 5.63. The highest BCUT2D eigenvalue weighted by Gasteiger charge is 2.26. The number of benzene rings is 3. The lowest BCUT2D eigenvalue weighted by Crippen LogP contribution is -2.51. The van der Waals surface area contributed by atoms with E-state index < -0.39 is 11.8 Å². The highest BCUT2D eigenvalue weighted by molar-refractivity contribution is 6.35. The predicted molar refractivity (Wildman–Crippen MR) is 150 cm³/mol. The summed E-state index contributed by atoms with van der Waals surface area (Å²) in [6.45, 7) is 4.35. The fourth-order valence-corrected chi connectivity index (χ4v) is 4.70. The van der Waals surface area contributed by atoms with Crippen LogP contribution in [0.1, 0.15) is 17.2 Å². The number of nitrogens with zero attached hydrogens (tertiary/aromatic N) is 3. The molecular weight excluding hydrogens is 462 g/mol. The van der Waals surface area contributed by atoms with E-state index in [0.717, 1.165) is 43.0 Å². The van der Waals surface area contributed by atoms with Crippen molar-refractivity contribution in [2.24, 2.45) is 0 Å². The molecule has 1 unspecified atom stereocenters. The Morgan fingerprint density at radius 2 is 1.38 bits per heavy atom. The van der Waals surface area contributed by atoms with Crippen LogP contribution in [0.25, 0.3) is 0 Å². The van der Waals surface area contributed by atoms with Gasteiger partial charge in [-0.1, -0.05) is 60.7 Å². The summed E-state index contributed by atoms with van der Waals surface area (Å²) >= 11 is 0. The topological polar surface area (TPSA) is 67.9 Å². The maximum Gasteiger partial charge on any atom is 0.309 e. The molecule has 1 fully saturated rings. The number of carbonyl (C=O) groups is 2. The molecule has 3 aromatic rings. The Bertz CT molecular complexity index is 1130. The average molecular weight is 500 g/mol. The van der Waals surface area contributed by atoms with Crippen LogP contribution in [0.3, 0.4) is 0 Å². The Balaban J connectivity index is 1.36. The van der Waals surface area contributed by atoms with Crippen molar-refractivity contribution in [3.63, 3.8) is 0 Å². The standard InChI is InChI=1S/C30H37N5O2/c1-33(2)26-15-13-25(14-16-26)28(35-21-19-34(20-22-35)27-11-7-4-8-12-27)23-32-30(37)29(36)31-18-17-24-9-5-3-6-10-24/h3-16,28H,17-23H2,1-2H3,(H,31,36)(H,32,37). The van der Waals surface area contributed by atoms with Gasteiger partial charge in [0.15, 0.2) is 0 Å². The number of hydrogen-bond acceptors (Lipinski definition) is 5. The molecule has 2 N–H and O–H groups in total. The van der Waals surface area contributed by atoms with Crippen LogP contribution in [0, 0.1) is 0 Å². The number of hydrogen-bond donors (Lipinski definition) is 2. The Morgan fingerprint density at radius 3 is 2.00 bits per heavy atom. The van der Waals surface area contributed by atoms with E-state index >= 15 is 0 Å². The van der Waals surface area contributed by atoms with E-state index in [9.17, 15) is 9.59 Å². The van der Waals surface area contributed by atoms with Crippen LogP contribution in [-0.2, 0) is 16.0 Å². The minimum atomic E-state index is -0.592. The first-order chi connectivity index (χ1) is 18.0. The van der Waals surface area contributed by atoms with Crippen LogP contribution < -0.4 is 20.4 Å². The minimum Gasteiger partial charge on any atom is -0.378 e. The number of piperazine rings is 1. The van der Waals surface area contributed by atoms with Crippen molar-refractivity contribution in [2.75, 3.05) is 63.2 Å². The van der Waals surface area contributed by atoms with E-state index in [4.69, 9.17) is 0 Å². The van der Waals surface area contributed by atoms with Crippen LogP contribution in [0.4, 0.5) is 11.4 Å². The summed E-state index contributed by atoms with van der Waals surface area (Å²) in [4.78, 5) is 31.9. The van der Waals surface area contributed by atoms with Gasteiger partial charge in [-0.3, -0.25) is 14.5 Å². The normalized spacial score (nSPS) is 14.6. The molecule has 37 heavy (non-hydrogen) atoms. The van der Waals surface area contributed by atoms with Gasteiger partial charge >= 0.3 is 11.8 Å². The Hall–Kier alpha value is -3.84. The highest BCUT2D eigenvalue weighted by atomic mass is 16.2. The van der Waals surface area contributed by atoms with Crippen LogP contribution in [0.5, 0.6) is 0 Å². The Kier molecular flexibility index (Phi) is 9.16. The van der Waals surface area contributed by atoms with Crippen molar-refractivity contribution in [3.05, 3.63) is 96.1 Å². The molecule has 3 aromatic carbocycles. The summed E-state index contributed by atoms with van der Waals surface area (Å²) in [6.07, 6.45) is 0.687. The molecule has 2 amide bonds. The molecule has 1 aliphatic rings. The van der Waals surface area contributed by atoms with E-state index in [1.165, 1.54) is 5.69 Å². The molecule has 7 nitrogen and oxygen atoms in total. The molecule has 0 aliphatic carbocycles. The molecule has 0 spiro atoms. The number of para-hydroxylation sites is 1. The van der Waals surface area contributed by atoms with Gasteiger partial charge in [0.25, 0.3) is 0 Å². The van der Waals surface area contributed by atoms with E-state index in [1.54, 1.807) is 0 Å². The molecule has 1 saturated heterocycles. The molecule has 4 rings (SSSR count). The minimum absolute atomic E-state index is 0.0183. The second kappa shape index (κ2) is 12.9. The number of carbonyl (C=O) groups excluding carboxylic acids is 2. The Morgan fingerprint density at radius 1 is 0.784 bits per heavy atom. The quantitative estimate of drug-likeness (QED) is 0.443. The third-order valence-electron chi connectivity index (χ3n) is 6.87. The second-order valence-electron chi connectivity index (χ2n) is 9.56. The zero-order chi connectivity index (χ0) is 26.0. The van der Waals surface area contributed by atoms with Gasteiger partial charge in [-0.25, -0.2) is 0 Å².